The monoisotopic (exact) mass is 390 g/mol. The van der Waals surface area contributed by atoms with Gasteiger partial charge in [-0.15, -0.1) is 0 Å². The molecule has 3 aromatic rings. The highest BCUT2D eigenvalue weighted by Gasteiger charge is 2.39. The van der Waals surface area contributed by atoms with Crippen LogP contribution in [-0.2, 0) is 4.79 Å². The van der Waals surface area contributed by atoms with E-state index in [1.807, 2.05) is 78.9 Å². The fourth-order valence-corrected chi connectivity index (χ4v) is 3.58. The van der Waals surface area contributed by atoms with Crippen LogP contribution in [0.3, 0.4) is 0 Å². The average Bonchev–Trinajstić information content (AvgIpc) is 2.95. The Morgan fingerprint density at radius 1 is 0.741 bits per heavy atom. The highest BCUT2D eigenvalue weighted by molar-refractivity contribution is 7.81. The molecule has 0 spiro atoms. The molecular weight excluding hydrogens is 376 g/mol. The maximum atomic E-state index is 13.3. The molecule has 0 bridgehead atoms. The summed E-state index contributed by atoms with van der Waals surface area (Å²) in [5.74, 6) is -0.185. The third kappa shape index (κ3) is 3.25. The molecule has 4 rings (SSSR count). The van der Waals surface area contributed by atoms with Crippen LogP contribution in [0.15, 0.2) is 90.6 Å². The van der Waals surface area contributed by atoms with Gasteiger partial charge in [-0.2, -0.15) is 0 Å². The first-order valence-electron chi connectivity index (χ1n) is 8.41. The predicted molar refractivity (Wildman–Crippen MR) is 115 cm³/mol. The highest BCUT2D eigenvalue weighted by atomic mass is 35.5. The van der Waals surface area contributed by atoms with E-state index in [4.69, 9.17) is 23.8 Å². The summed E-state index contributed by atoms with van der Waals surface area (Å²) in [5, 5.41) is 0.991. The van der Waals surface area contributed by atoms with E-state index in [-0.39, 0.29) is 5.91 Å². The first-order chi connectivity index (χ1) is 13.2. The van der Waals surface area contributed by atoms with Crippen LogP contribution in [-0.4, -0.2) is 11.0 Å². The number of anilines is 2. The zero-order chi connectivity index (χ0) is 18.8. The van der Waals surface area contributed by atoms with Crippen molar-refractivity contribution in [1.29, 1.82) is 0 Å². The molecule has 0 N–H and O–H groups in total. The third-order valence-corrected chi connectivity index (χ3v) is 4.98. The molecule has 0 aliphatic carbocycles. The number of para-hydroxylation sites is 2. The van der Waals surface area contributed by atoms with E-state index < -0.39 is 0 Å². The van der Waals surface area contributed by atoms with Crippen LogP contribution < -0.4 is 9.80 Å². The van der Waals surface area contributed by atoms with Crippen LogP contribution in [0.5, 0.6) is 0 Å². The molecule has 27 heavy (non-hydrogen) atoms. The summed E-state index contributed by atoms with van der Waals surface area (Å²) in [6, 6.07) is 26.4. The van der Waals surface area contributed by atoms with Crippen molar-refractivity contribution >= 4 is 52.3 Å². The zero-order valence-corrected chi connectivity index (χ0v) is 15.8. The number of hydrogen-bond acceptors (Lipinski definition) is 2. The van der Waals surface area contributed by atoms with Crippen molar-refractivity contribution in [2.75, 3.05) is 9.80 Å². The zero-order valence-electron chi connectivity index (χ0n) is 14.2. The van der Waals surface area contributed by atoms with E-state index in [0.29, 0.717) is 15.8 Å². The van der Waals surface area contributed by atoms with Gasteiger partial charge in [0.15, 0.2) is 5.11 Å². The van der Waals surface area contributed by atoms with E-state index in [1.165, 1.54) is 0 Å². The Balaban J connectivity index is 1.87. The maximum Gasteiger partial charge on any atom is 0.281 e. The maximum absolute atomic E-state index is 13.3. The Morgan fingerprint density at radius 2 is 1.26 bits per heavy atom. The van der Waals surface area contributed by atoms with Gasteiger partial charge in [0, 0.05) is 10.7 Å². The summed E-state index contributed by atoms with van der Waals surface area (Å²) < 4.78 is 0. The number of carbonyl (C=O) groups is 1. The summed E-state index contributed by atoms with van der Waals surface area (Å²) in [6.07, 6.45) is 1.78. The fourth-order valence-electron chi connectivity index (χ4n) is 3.00. The molecule has 3 nitrogen and oxygen atoms in total. The molecule has 3 aromatic carbocycles. The van der Waals surface area contributed by atoms with E-state index in [0.717, 1.165) is 16.9 Å². The van der Waals surface area contributed by atoms with Crippen molar-refractivity contribution < 1.29 is 4.79 Å². The Bertz CT molecular complexity index is 1030. The van der Waals surface area contributed by atoms with E-state index in [9.17, 15) is 4.79 Å². The molecule has 0 saturated carbocycles. The summed E-state index contributed by atoms with van der Waals surface area (Å²) in [6.45, 7) is 0. The molecule has 1 amide bonds. The molecule has 1 aliphatic rings. The Labute approximate surface area is 168 Å². The minimum Gasteiger partial charge on any atom is -0.281 e. The molecule has 1 fully saturated rings. The highest BCUT2D eigenvalue weighted by Crippen LogP contribution is 2.33. The Morgan fingerprint density at radius 3 is 1.85 bits per heavy atom. The van der Waals surface area contributed by atoms with Crippen molar-refractivity contribution in [3.05, 3.63) is 101 Å². The van der Waals surface area contributed by atoms with Gasteiger partial charge in [-0.3, -0.25) is 14.6 Å². The lowest BCUT2D eigenvalue weighted by Crippen LogP contribution is -2.32. The van der Waals surface area contributed by atoms with Crippen LogP contribution in [0.4, 0.5) is 11.4 Å². The van der Waals surface area contributed by atoms with E-state index >= 15 is 0 Å². The SMILES string of the molecule is O=C1/C(=C\c2ccccc2Cl)N(c2ccccc2)C(=S)N1c1ccccc1. The van der Waals surface area contributed by atoms with Crippen molar-refractivity contribution in [2.45, 2.75) is 0 Å². The second-order valence-electron chi connectivity index (χ2n) is 5.98. The second kappa shape index (κ2) is 7.35. The van der Waals surface area contributed by atoms with E-state index in [2.05, 4.69) is 0 Å². The molecule has 1 aliphatic heterocycles. The van der Waals surface area contributed by atoms with Gasteiger partial charge < -0.3 is 0 Å². The molecule has 0 aromatic heterocycles. The number of rotatable bonds is 3. The topological polar surface area (TPSA) is 23.6 Å². The summed E-state index contributed by atoms with van der Waals surface area (Å²) >= 11 is 12.0. The normalized spacial score (nSPS) is 15.7. The third-order valence-electron chi connectivity index (χ3n) is 4.27. The Kier molecular flexibility index (Phi) is 4.75. The lowest BCUT2D eigenvalue weighted by molar-refractivity contribution is -0.113. The Hall–Kier alpha value is -2.95. The van der Waals surface area contributed by atoms with Crippen molar-refractivity contribution in [3.63, 3.8) is 0 Å². The van der Waals surface area contributed by atoms with Gasteiger partial charge in [0.2, 0.25) is 0 Å². The van der Waals surface area contributed by atoms with Crippen LogP contribution in [0.2, 0.25) is 5.02 Å². The van der Waals surface area contributed by atoms with Gasteiger partial charge in [-0.25, -0.2) is 0 Å². The molecule has 0 radical (unpaired) electrons. The van der Waals surface area contributed by atoms with E-state index in [1.54, 1.807) is 21.9 Å². The number of carbonyl (C=O) groups excluding carboxylic acids is 1. The van der Waals surface area contributed by atoms with Gasteiger partial charge in [0.1, 0.15) is 5.70 Å². The lowest BCUT2D eigenvalue weighted by atomic mass is 10.1. The van der Waals surface area contributed by atoms with Crippen molar-refractivity contribution in [2.24, 2.45) is 0 Å². The number of thiocarbonyl (C=S) groups is 1. The number of amides is 1. The van der Waals surface area contributed by atoms with Gasteiger partial charge >= 0.3 is 0 Å². The van der Waals surface area contributed by atoms with Gasteiger partial charge in [-0.1, -0.05) is 66.2 Å². The molecule has 1 saturated heterocycles. The molecule has 132 valence electrons. The van der Waals surface area contributed by atoms with Crippen LogP contribution in [0, 0.1) is 0 Å². The number of halogens is 1. The van der Waals surface area contributed by atoms with Crippen molar-refractivity contribution in [1.82, 2.24) is 0 Å². The molecule has 1 heterocycles. The first-order valence-corrected chi connectivity index (χ1v) is 9.20. The number of hydrogen-bond donors (Lipinski definition) is 0. The minimum absolute atomic E-state index is 0.185. The fraction of sp³-hybridized carbons (Fsp3) is 0. The minimum atomic E-state index is -0.185. The van der Waals surface area contributed by atoms with Gasteiger partial charge in [-0.05, 0) is 54.2 Å². The summed E-state index contributed by atoms with van der Waals surface area (Å²) in [5.41, 5.74) is 2.79. The molecule has 0 unspecified atom stereocenters. The molecule has 0 atom stereocenters. The summed E-state index contributed by atoms with van der Waals surface area (Å²) in [7, 11) is 0. The number of benzene rings is 3. The quantitative estimate of drug-likeness (QED) is 0.434. The first kappa shape index (κ1) is 17.5. The molecule has 5 heteroatoms. The standard InChI is InChI=1S/C22H15ClN2OS/c23-19-14-8-7-9-16(19)15-20-21(26)25(18-12-5-2-6-13-18)22(27)24(20)17-10-3-1-4-11-17/h1-15H/b20-15+. The van der Waals surface area contributed by atoms with Gasteiger partial charge in [0.25, 0.3) is 5.91 Å². The second-order valence-corrected chi connectivity index (χ2v) is 6.75. The average molecular weight is 391 g/mol. The smallest absolute Gasteiger partial charge is 0.281 e. The van der Waals surface area contributed by atoms with Crippen molar-refractivity contribution in [3.8, 4) is 0 Å². The lowest BCUT2D eigenvalue weighted by Gasteiger charge is -2.20. The van der Waals surface area contributed by atoms with Gasteiger partial charge in [0.05, 0.1) is 5.69 Å². The molecular formula is C22H15ClN2OS. The van der Waals surface area contributed by atoms with Crippen LogP contribution in [0.25, 0.3) is 6.08 Å². The number of nitrogens with zero attached hydrogens (tertiary/aromatic N) is 2. The van der Waals surface area contributed by atoms with Crippen LogP contribution in [0.1, 0.15) is 5.56 Å². The largest absolute Gasteiger partial charge is 0.281 e. The summed E-state index contributed by atoms with van der Waals surface area (Å²) in [4.78, 5) is 16.6. The predicted octanol–water partition coefficient (Wildman–Crippen LogP) is 5.52. The van der Waals surface area contributed by atoms with Crippen LogP contribution >= 0.6 is 23.8 Å².